The van der Waals surface area contributed by atoms with Gasteiger partial charge in [-0.05, 0) is 43.5 Å². The van der Waals surface area contributed by atoms with E-state index in [1.54, 1.807) is 25.3 Å². The van der Waals surface area contributed by atoms with Gasteiger partial charge in [0.1, 0.15) is 17.1 Å². The number of carbonyl (C=O) groups is 1. The second-order valence-electron chi connectivity index (χ2n) is 6.41. The van der Waals surface area contributed by atoms with Gasteiger partial charge >= 0.3 is 6.03 Å². The Balaban J connectivity index is 1.68. The van der Waals surface area contributed by atoms with Crippen LogP contribution in [-0.2, 0) is 12.8 Å². The fraction of sp³-hybridized carbons (Fsp3) is 0.238. The lowest BCUT2D eigenvalue weighted by atomic mass is 10.1. The van der Waals surface area contributed by atoms with E-state index in [1.807, 2.05) is 35.7 Å². The third kappa shape index (κ3) is 4.25. The summed E-state index contributed by atoms with van der Waals surface area (Å²) >= 11 is 0. The lowest BCUT2D eigenvalue weighted by molar-refractivity contribution is 0.253. The number of fused-ring (bicyclic) bond motifs is 1. The molecule has 0 saturated carbocycles. The van der Waals surface area contributed by atoms with Gasteiger partial charge in [0.2, 0.25) is 0 Å². The molecule has 0 aliphatic rings. The summed E-state index contributed by atoms with van der Waals surface area (Å²) in [5, 5.41) is 15.4. The normalized spacial score (nSPS) is 10.6. The smallest absolute Gasteiger partial charge is 0.319 e. The van der Waals surface area contributed by atoms with Gasteiger partial charge in [0.15, 0.2) is 0 Å². The van der Waals surface area contributed by atoms with Gasteiger partial charge in [-0.15, -0.1) is 6.58 Å². The standard InChI is InChI=1S/C21H24N4O3/c1-4-10-22-21(27)24-18-8-6-15(12-19(18)26)5-7-17-14(2)25-11-9-16(28-3)13-20(25)23-17/h4,6,8-9,11-13,26H,1,5,7,10H2,2-3H3,(H2,22,24,27). The van der Waals surface area contributed by atoms with Crippen LogP contribution in [0.3, 0.4) is 0 Å². The molecule has 2 amide bonds. The van der Waals surface area contributed by atoms with Crippen molar-refractivity contribution < 1.29 is 14.6 Å². The van der Waals surface area contributed by atoms with Crippen molar-refractivity contribution in [2.75, 3.05) is 19.0 Å². The van der Waals surface area contributed by atoms with Gasteiger partial charge < -0.3 is 24.9 Å². The number of phenols is 1. The molecule has 2 aromatic heterocycles. The van der Waals surface area contributed by atoms with Crippen LogP contribution in [0.15, 0.2) is 49.2 Å². The quantitative estimate of drug-likeness (QED) is 0.433. The number of anilines is 1. The van der Waals surface area contributed by atoms with E-state index >= 15 is 0 Å². The predicted molar refractivity (Wildman–Crippen MR) is 109 cm³/mol. The number of aromatic hydroxyl groups is 1. The van der Waals surface area contributed by atoms with Crippen LogP contribution < -0.4 is 15.4 Å². The predicted octanol–water partition coefficient (Wildman–Crippen LogP) is 3.45. The number of hydrogen-bond acceptors (Lipinski definition) is 4. The largest absolute Gasteiger partial charge is 0.506 e. The zero-order valence-corrected chi connectivity index (χ0v) is 16.0. The molecule has 0 saturated heterocycles. The fourth-order valence-corrected chi connectivity index (χ4v) is 2.99. The van der Waals surface area contributed by atoms with Crippen molar-refractivity contribution in [2.24, 2.45) is 0 Å². The maximum atomic E-state index is 11.7. The van der Waals surface area contributed by atoms with E-state index in [0.717, 1.165) is 41.2 Å². The Morgan fingerprint density at radius 1 is 1.32 bits per heavy atom. The number of carbonyl (C=O) groups excluding carboxylic acids is 1. The number of nitrogens with zero attached hydrogens (tertiary/aromatic N) is 2. The Hall–Kier alpha value is -3.48. The van der Waals surface area contributed by atoms with Crippen LogP contribution in [0.2, 0.25) is 0 Å². The first-order valence-electron chi connectivity index (χ1n) is 9.01. The van der Waals surface area contributed by atoms with Gasteiger partial charge in [-0.1, -0.05) is 12.1 Å². The van der Waals surface area contributed by atoms with Crippen molar-refractivity contribution in [3.63, 3.8) is 0 Å². The first-order valence-corrected chi connectivity index (χ1v) is 9.01. The van der Waals surface area contributed by atoms with E-state index in [-0.39, 0.29) is 5.75 Å². The monoisotopic (exact) mass is 380 g/mol. The van der Waals surface area contributed by atoms with E-state index in [2.05, 4.69) is 17.2 Å². The molecule has 0 aliphatic carbocycles. The van der Waals surface area contributed by atoms with Crippen LogP contribution >= 0.6 is 0 Å². The Morgan fingerprint density at radius 3 is 2.86 bits per heavy atom. The number of benzene rings is 1. The number of pyridine rings is 1. The number of nitrogens with one attached hydrogen (secondary N) is 2. The third-order valence-corrected chi connectivity index (χ3v) is 4.54. The molecule has 146 valence electrons. The van der Waals surface area contributed by atoms with Crippen LogP contribution in [0.4, 0.5) is 10.5 Å². The SMILES string of the molecule is C=CCNC(=O)Nc1ccc(CCc2nc3cc(OC)ccn3c2C)cc1O. The Kier molecular flexibility index (Phi) is 5.84. The molecule has 7 heteroatoms. The second-order valence-corrected chi connectivity index (χ2v) is 6.41. The van der Waals surface area contributed by atoms with Gasteiger partial charge in [-0.25, -0.2) is 9.78 Å². The Bertz CT molecular complexity index is 1010. The first-order chi connectivity index (χ1) is 13.5. The molecule has 0 fully saturated rings. The summed E-state index contributed by atoms with van der Waals surface area (Å²) in [6.45, 7) is 5.93. The number of phenolic OH excluding ortho intramolecular Hbond substituents is 1. The average Bonchev–Trinajstić information content (AvgIpc) is 3.01. The Morgan fingerprint density at radius 2 is 2.14 bits per heavy atom. The fourth-order valence-electron chi connectivity index (χ4n) is 2.99. The molecule has 0 spiro atoms. The highest BCUT2D eigenvalue weighted by Gasteiger charge is 2.11. The number of hydrogen-bond donors (Lipinski definition) is 3. The van der Waals surface area contributed by atoms with Crippen molar-refractivity contribution in [1.82, 2.24) is 14.7 Å². The second kappa shape index (κ2) is 8.47. The number of aryl methyl sites for hydroxylation is 3. The number of ether oxygens (including phenoxy) is 1. The molecule has 3 aromatic rings. The van der Waals surface area contributed by atoms with Crippen LogP contribution in [0.25, 0.3) is 5.65 Å². The van der Waals surface area contributed by atoms with Crippen molar-refractivity contribution >= 4 is 17.4 Å². The molecule has 0 unspecified atom stereocenters. The summed E-state index contributed by atoms with van der Waals surface area (Å²) < 4.78 is 7.29. The number of methoxy groups -OCH3 is 1. The average molecular weight is 380 g/mol. The number of aromatic nitrogens is 2. The maximum absolute atomic E-state index is 11.7. The molecule has 28 heavy (non-hydrogen) atoms. The number of imidazole rings is 1. The van der Waals surface area contributed by atoms with Crippen molar-refractivity contribution in [2.45, 2.75) is 19.8 Å². The van der Waals surface area contributed by atoms with E-state index in [1.165, 1.54) is 0 Å². The van der Waals surface area contributed by atoms with Crippen molar-refractivity contribution in [3.8, 4) is 11.5 Å². The van der Waals surface area contributed by atoms with Gasteiger partial charge in [-0.2, -0.15) is 0 Å². The lowest BCUT2D eigenvalue weighted by Crippen LogP contribution is -2.28. The van der Waals surface area contributed by atoms with Crippen molar-refractivity contribution in [3.05, 3.63) is 66.1 Å². The van der Waals surface area contributed by atoms with Gasteiger partial charge in [0.05, 0.1) is 18.5 Å². The Labute approximate surface area is 163 Å². The third-order valence-electron chi connectivity index (χ3n) is 4.54. The summed E-state index contributed by atoms with van der Waals surface area (Å²) in [4.78, 5) is 16.4. The highest BCUT2D eigenvalue weighted by Crippen LogP contribution is 2.25. The molecule has 0 radical (unpaired) electrons. The minimum atomic E-state index is -0.390. The summed E-state index contributed by atoms with van der Waals surface area (Å²) in [5.41, 5.74) is 4.25. The van der Waals surface area contributed by atoms with E-state index in [9.17, 15) is 9.90 Å². The molecule has 3 rings (SSSR count). The van der Waals surface area contributed by atoms with Crippen LogP contribution in [0.5, 0.6) is 11.5 Å². The molecule has 1 aromatic carbocycles. The molecule has 7 nitrogen and oxygen atoms in total. The topological polar surface area (TPSA) is 87.9 Å². The number of amides is 2. The van der Waals surface area contributed by atoms with Crippen LogP contribution in [-0.4, -0.2) is 34.2 Å². The molecule has 0 aliphatic heterocycles. The van der Waals surface area contributed by atoms with Gasteiger partial charge in [0.25, 0.3) is 0 Å². The van der Waals surface area contributed by atoms with E-state index in [4.69, 9.17) is 9.72 Å². The number of rotatable bonds is 7. The van der Waals surface area contributed by atoms with Gasteiger partial charge in [0, 0.05) is 24.5 Å². The summed E-state index contributed by atoms with van der Waals surface area (Å²) in [6.07, 6.45) is 4.99. The molecular formula is C21H24N4O3. The zero-order chi connectivity index (χ0) is 20.1. The summed E-state index contributed by atoms with van der Waals surface area (Å²) in [7, 11) is 1.64. The molecule has 0 bridgehead atoms. The summed E-state index contributed by atoms with van der Waals surface area (Å²) in [5.74, 6) is 0.803. The van der Waals surface area contributed by atoms with E-state index < -0.39 is 6.03 Å². The van der Waals surface area contributed by atoms with Crippen LogP contribution in [0.1, 0.15) is 17.0 Å². The molecule has 2 heterocycles. The molecule has 0 atom stereocenters. The minimum Gasteiger partial charge on any atom is -0.506 e. The molecule has 3 N–H and O–H groups in total. The summed E-state index contributed by atoms with van der Waals surface area (Å²) in [6, 6.07) is 8.66. The highest BCUT2D eigenvalue weighted by molar-refractivity contribution is 5.90. The van der Waals surface area contributed by atoms with Gasteiger partial charge in [-0.3, -0.25) is 0 Å². The first kappa shape index (κ1) is 19.3. The number of urea groups is 1. The lowest BCUT2D eigenvalue weighted by Gasteiger charge is -2.09. The van der Waals surface area contributed by atoms with E-state index in [0.29, 0.717) is 12.2 Å². The van der Waals surface area contributed by atoms with Crippen LogP contribution in [0, 0.1) is 6.92 Å². The highest BCUT2D eigenvalue weighted by atomic mass is 16.5. The maximum Gasteiger partial charge on any atom is 0.319 e. The minimum absolute atomic E-state index is 0.0303. The van der Waals surface area contributed by atoms with Crippen molar-refractivity contribution in [1.29, 1.82) is 0 Å². The zero-order valence-electron chi connectivity index (χ0n) is 16.0. The molecular weight excluding hydrogens is 356 g/mol.